The molecule has 2 aromatic rings. The van der Waals surface area contributed by atoms with E-state index in [-0.39, 0.29) is 47.5 Å². The van der Waals surface area contributed by atoms with Crippen LogP contribution in [0, 0.1) is 11.2 Å². The molecule has 3 heterocycles. The molecule has 1 N–H and O–H groups in total. The molecule has 3 aliphatic heterocycles. The Morgan fingerprint density at radius 3 is 2.54 bits per heavy atom. The Hall–Kier alpha value is -2.64. The van der Waals surface area contributed by atoms with E-state index in [0.29, 0.717) is 37.5 Å². The van der Waals surface area contributed by atoms with Crippen molar-refractivity contribution in [2.45, 2.75) is 38.5 Å². The Bertz CT molecular complexity index is 1030. The maximum Gasteiger partial charge on any atom is 0.257 e. The first kappa shape index (κ1) is 25.5. The fraction of sp³-hybridized carbons (Fsp3) is 0.481. The molecule has 0 radical (unpaired) electrons. The number of nitrogens with zero attached hydrogens (tertiary/aromatic N) is 2. The molecule has 0 aliphatic carbocycles. The number of aliphatic hydroxyl groups is 1. The van der Waals surface area contributed by atoms with E-state index in [9.17, 15) is 19.1 Å². The van der Waals surface area contributed by atoms with E-state index in [4.69, 9.17) is 16.3 Å². The second-order valence-corrected chi connectivity index (χ2v) is 9.92. The number of rotatable bonds is 3. The second-order valence-electron chi connectivity index (χ2n) is 9.51. The first-order valence-electron chi connectivity index (χ1n) is 12.3. The van der Waals surface area contributed by atoms with Crippen molar-refractivity contribution in [3.8, 4) is 5.75 Å². The zero-order valence-electron chi connectivity index (χ0n) is 19.8. The summed E-state index contributed by atoms with van der Waals surface area (Å²) in [6.07, 6.45) is 3.80. The van der Waals surface area contributed by atoms with Crippen LogP contribution >= 0.6 is 11.6 Å². The van der Waals surface area contributed by atoms with Crippen LogP contribution < -0.4 is 4.74 Å². The van der Waals surface area contributed by atoms with Gasteiger partial charge in [-0.3, -0.25) is 9.59 Å². The van der Waals surface area contributed by atoms with Gasteiger partial charge in [-0.2, -0.15) is 0 Å². The number of carbonyl (C=O) groups is 2. The van der Waals surface area contributed by atoms with E-state index in [1.54, 1.807) is 23.1 Å². The molecule has 0 aromatic heterocycles. The lowest BCUT2D eigenvalue weighted by Gasteiger charge is -2.41. The Morgan fingerprint density at radius 2 is 1.80 bits per heavy atom. The number of hydrogen-bond acceptors (Lipinski definition) is 4. The van der Waals surface area contributed by atoms with Crippen molar-refractivity contribution in [1.82, 2.24) is 9.80 Å². The number of aliphatic hydroxyl groups excluding tert-OH is 1. The molecule has 6 nitrogen and oxygen atoms in total. The smallest absolute Gasteiger partial charge is 0.257 e. The lowest BCUT2D eigenvalue weighted by atomic mass is 9.75. The van der Waals surface area contributed by atoms with Crippen LogP contribution in [0.5, 0.6) is 5.75 Å². The van der Waals surface area contributed by atoms with Gasteiger partial charge < -0.3 is 19.6 Å². The molecule has 8 heteroatoms. The van der Waals surface area contributed by atoms with Gasteiger partial charge in [-0.05, 0) is 55.4 Å². The van der Waals surface area contributed by atoms with Gasteiger partial charge in [-0.1, -0.05) is 36.2 Å². The molecule has 1 fully saturated rings. The molecule has 35 heavy (non-hydrogen) atoms. The number of ether oxygens (including phenoxy) is 1. The Labute approximate surface area is 210 Å². The van der Waals surface area contributed by atoms with Crippen molar-refractivity contribution in [2.24, 2.45) is 5.41 Å². The molecule has 3 aliphatic rings. The van der Waals surface area contributed by atoms with Crippen LogP contribution in [-0.2, 0) is 11.2 Å². The molecule has 0 atom stereocenters. The molecule has 2 amide bonds. The average molecular weight is 503 g/mol. The molecule has 0 unspecified atom stereocenters. The molecular formula is C27H32ClFN2O4. The predicted molar refractivity (Wildman–Crippen MR) is 132 cm³/mol. The minimum atomic E-state index is -0.497. The molecule has 0 spiro atoms. The summed E-state index contributed by atoms with van der Waals surface area (Å²) < 4.78 is 20.3. The zero-order chi connectivity index (χ0) is 24.8. The van der Waals surface area contributed by atoms with E-state index in [1.807, 2.05) is 17.0 Å². The molecule has 2 bridgehead atoms. The lowest BCUT2D eigenvalue weighted by molar-refractivity contribution is -0.131. The third kappa shape index (κ3) is 5.96. The maximum atomic E-state index is 14.3. The van der Waals surface area contributed by atoms with E-state index in [0.717, 1.165) is 32.1 Å². The highest BCUT2D eigenvalue weighted by molar-refractivity contribution is 6.31. The van der Waals surface area contributed by atoms with Crippen LogP contribution in [0.4, 0.5) is 4.39 Å². The highest BCUT2D eigenvalue weighted by atomic mass is 35.5. The fourth-order valence-electron chi connectivity index (χ4n) is 5.00. The molecule has 188 valence electrons. The van der Waals surface area contributed by atoms with Gasteiger partial charge in [0.05, 0.1) is 18.5 Å². The van der Waals surface area contributed by atoms with Gasteiger partial charge in [-0.25, -0.2) is 4.39 Å². The van der Waals surface area contributed by atoms with Crippen molar-refractivity contribution < 1.29 is 23.8 Å². The third-order valence-corrected chi connectivity index (χ3v) is 7.66. The van der Waals surface area contributed by atoms with Crippen molar-refractivity contribution >= 4 is 23.4 Å². The molecule has 2 aromatic carbocycles. The highest BCUT2D eigenvalue weighted by Crippen LogP contribution is 2.37. The number of amides is 2. The maximum absolute atomic E-state index is 14.3. The quantitative estimate of drug-likeness (QED) is 0.678. The van der Waals surface area contributed by atoms with Crippen molar-refractivity contribution in [1.29, 1.82) is 0 Å². The summed E-state index contributed by atoms with van der Waals surface area (Å²) in [5, 5.41) is 10.4. The highest BCUT2D eigenvalue weighted by Gasteiger charge is 2.36. The summed E-state index contributed by atoms with van der Waals surface area (Å²) in [7, 11) is 0. The standard InChI is InChI=1S/C27H32ClFN2O4/c28-22-7-5-8-23(29)21(22)18-25(33)30-13-4-3-10-27(19-32)11-14-31(15-12-27)26(34)20-6-1-2-9-24(20)35-17-16-30/h1-2,5-9,32H,3-4,10-19H2. The molecule has 0 saturated carbocycles. The number of halogens is 2. The molecule has 1 saturated heterocycles. The normalized spacial score (nSPS) is 18.9. The Kier molecular flexibility index (Phi) is 8.29. The second kappa shape index (κ2) is 11.4. The minimum absolute atomic E-state index is 0.0795. The van der Waals surface area contributed by atoms with E-state index >= 15 is 0 Å². The van der Waals surface area contributed by atoms with Crippen molar-refractivity contribution in [3.63, 3.8) is 0 Å². The summed E-state index contributed by atoms with van der Waals surface area (Å²) in [5.41, 5.74) is 0.481. The number of carbonyl (C=O) groups excluding carboxylic acids is 2. The van der Waals surface area contributed by atoms with Gasteiger partial charge in [0.2, 0.25) is 5.91 Å². The van der Waals surface area contributed by atoms with Gasteiger partial charge in [0.25, 0.3) is 5.91 Å². The predicted octanol–water partition coefficient (Wildman–Crippen LogP) is 4.33. The fourth-order valence-corrected chi connectivity index (χ4v) is 5.23. The van der Waals surface area contributed by atoms with Gasteiger partial charge in [0, 0.05) is 36.8 Å². The van der Waals surface area contributed by atoms with E-state index in [1.165, 1.54) is 12.1 Å². The third-order valence-electron chi connectivity index (χ3n) is 7.31. The van der Waals surface area contributed by atoms with Gasteiger partial charge in [-0.15, -0.1) is 0 Å². The summed E-state index contributed by atoms with van der Waals surface area (Å²) >= 11 is 6.15. The van der Waals surface area contributed by atoms with Crippen LogP contribution in [0.25, 0.3) is 0 Å². The number of fused-ring (bicyclic) bond motifs is 9. The first-order chi connectivity index (χ1) is 16.9. The average Bonchev–Trinajstić information content (AvgIpc) is 2.88. The largest absolute Gasteiger partial charge is 0.491 e. The molecular weight excluding hydrogens is 471 g/mol. The van der Waals surface area contributed by atoms with Crippen molar-refractivity contribution in [2.75, 3.05) is 39.4 Å². The number of piperidine rings is 1. The van der Waals surface area contributed by atoms with Crippen LogP contribution in [0.3, 0.4) is 0 Å². The lowest BCUT2D eigenvalue weighted by Crippen LogP contribution is -2.44. The van der Waals surface area contributed by atoms with Crippen LogP contribution in [0.1, 0.15) is 48.0 Å². The van der Waals surface area contributed by atoms with Gasteiger partial charge in [0.15, 0.2) is 0 Å². The topological polar surface area (TPSA) is 70.1 Å². The van der Waals surface area contributed by atoms with E-state index < -0.39 is 5.82 Å². The summed E-state index contributed by atoms with van der Waals surface area (Å²) in [6, 6.07) is 11.5. The summed E-state index contributed by atoms with van der Waals surface area (Å²) in [4.78, 5) is 29.9. The monoisotopic (exact) mass is 502 g/mol. The van der Waals surface area contributed by atoms with Gasteiger partial charge in [0.1, 0.15) is 18.2 Å². The number of para-hydroxylation sites is 1. The summed E-state index contributed by atoms with van der Waals surface area (Å²) in [5.74, 6) is -0.318. The van der Waals surface area contributed by atoms with Crippen LogP contribution in [-0.4, -0.2) is 66.1 Å². The van der Waals surface area contributed by atoms with Crippen LogP contribution in [0.15, 0.2) is 42.5 Å². The van der Waals surface area contributed by atoms with Gasteiger partial charge >= 0.3 is 0 Å². The Balaban J connectivity index is 1.54. The zero-order valence-corrected chi connectivity index (χ0v) is 20.6. The van der Waals surface area contributed by atoms with E-state index in [2.05, 4.69) is 0 Å². The SMILES string of the molecule is O=C(Cc1c(F)cccc1Cl)N1CCCCC2(CO)CCN(CC2)C(=O)c2ccccc2OCC1. The van der Waals surface area contributed by atoms with Crippen molar-refractivity contribution in [3.05, 3.63) is 64.4 Å². The molecule has 5 rings (SSSR count). The minimum Gasteiger partial charge on any atom is -0.491 e. The number of benzene rings is 2. The Morgan fingerprint density at radius 1 is 1.03 bits per heavy atom. The first-order valence-corrected chi connectivity index (χ1v) is 12.6. The summed E-state index contributed by atoms with van der Waals surface area (Å²) in [6.45, 7) is 2.30. The van der Waals surface area contributed by atoms with Crippen LogP contribution in [0.2, 0.25) is 5.02 Å². The number of hydrogen-bond donors (Lipinski definition) is 1.